The molecule has 1 unspecified atom stereocenters. The molecule has 0 radical (unpaired) electrons. The summed E-state index contributed by atoms with van der Waals surface area (Å²) < 4.78 is 5.07. The van der Waals surface area contributed by atoms with E-state index in [4.69, 9.17) is 4.74 Å². The largest absolute Gasteiger partial charge is 0.497 e. The highest BCUT2D eigenvalue weighted by molar-refractivity contribution is 5.18. The van der Waals surface area contributed by atoms with Crippen molar-refractivity contribution in [3.8, 4) is 0 Å². The lowest BCUT2D eigenvalue weighted by atomic mass is 10.0. The SMILES string of the molecule is C=CCC.CC.CNCC1C=CC(OC)=CC1. The van der Waals surface area contributed by atoms with Gasteiger partial charge in [0.1, 0.15) is 5.76 Å². The third-order valence-corrected chi connectivity index (χ3v) is 2.15. The summed E-state index contributed by atoms with van der Waals surface area (Å²) >= 11 is 0. The summed E-state index contributed by atoms with van der Waals surface area (Å²) in [5.74, 6) is 1.62. The summed E-state index contributed by atoms with van der Waals surface area (Å²) in [6.45, 7) is 10.6. The van der Waals surface area contributed by atoms with Gasteiger partial charge in [-0.15, -0.1) is 6.58 Å². The molecule has 2 nitrogen and oxygen atoms in total. The van der Waals surface area contributed by atoms with Crippen molar-refractivity contribution >= 4 is 0 Å². The Morgan fingerprint density at radius 3 is 2.41 bits per heavy atom. The molecule has 0 saturated heterocycles. The predicted molar refractivity (Wildman–Crippen MR) is 78.1 cm³/mol. The fourth-order valence-corrected chi connectivity index (χ4v) is 1.21. The smallest absolute Gasteiger partial charge is 0.114 e. The van der Waals surface area contributed by atoms with Crippen LogP contribution in [-0.2, 0) is 4.74 Å². The topological polar surface area (TPSA) is 21.3 Å². The van der Waals surface area contributed by atoms with Gasteiger partial charge in [0.2, 0.25) is 0 Å². The highest BCUT2D eigenvalue weighted by atomic mass is 16.5. The molecule has 0 spiro atoms. The van der Waals surface area contributed by atoms with Crippen LogP contribution >= 0.6 is 0 Å². The van der Waals surface area contributed by atoms with Gasteiger partial charge < -0.3 is 10.1 Å². The van der Waals surface area contributed by atoms with Gasteiger partial charge in [0.05, 0.1) is 7.11 Å². The molecule has 1 aliphatic rings. The molecule has 1 atom stereocenters. The Hall–Kier alpha value is -1.02. The van der Waals surface area contributed by atoms with E-state index >= 15 is 0 Å². The lowest BCUT2D eigenvalue weighted by Gasteiger charge is -2.14. The van der Waals surface area contributed by atoms with Crippen LogP contribution in [0.15, 0.2) is 36.6 Å². The number of allylic oxidation sites excluding steroid dienone is 3. The minimum atomic E-state index is 0.638. The Labute approximate surface area is 107 Å². The molecule has 1 rings (SSSR count). The van der Waals surface area contributed by atoms with Crippen molar-refractivity contribution in [3.63, 3.8) is 0 Å². The van der Waals surface area contributed by atoms with Crippen LogP contribution in [0.2, 0.25) is 0 Å². The molecule has 0 saturated carbocycles. The molecule has 100 valence electrons. The summed E-state index contributed by atoms with van der Waals surface area (Å²) in [5.41, 5.74) is 0. The van der Waals surface area contributed by atoms with E-state index in [1.807, 2.05) is 33.0 Å². The first-order valence-corrected chi connectivity index (χ1v) is 6.46. The Morgan fingerprint density at radius 2 is 2.12 bits per heavy atom. The summed E-state index contributed by atoms with van der Waals surface area (Å²) in [5, 5.41) is 3.15. The van der Waals surface area contributed by atoms with Crippen molar-refractivity contribution < 1.29 is 4.74 Å². The second-order valence-corrected chi connectivity index (χ2v) is 3.42. The highest BCUT2D eigenvalue weighted by Gasteiger charge is 2.06. The number of methoxy groups -OCH3 is 1. The van der Waals surface area contributed by atoms with Crippen molar-refractivity contribution in [1.82, 2.24) is 5.32 Å². The summed E-state index contributed by atoms with van der Waals surface area (Å²) in [6, 6.07) is 0. The molecular weight excluding hydrogens is 210 g/mol. The van der Waals surface area contributed by atoms with Crippen LogP contribution in [0, 0.1) is 5.92 Å². The zero-order valence-electron chi connectivity index (χ0n) is 12.1. The molecule has 0 aromatic rings. The van der Waals surface area contributed by atoms with E-state index in [0.29, 0.717) is 5.92 Å². The molecule has 0 aromatic carbocycles. The van der Waals surface area contributed by atoms with E-state index in [-0.39, 0.29) is 0 Å². The van der Waals surface area contributed by atoms with Crippen LogP contribution in [0.1, 0.15) is 33.6 Å². The molecule has 0 heterocycles. The number of rotatable bonds is 4. The maximum Gasteiger partial charge on any atom is 0.114 e. The minimum Gasteiger partial charge on any atom is -0.497 e. The zero-order valence-corrected chi connectivity index (χ0v) is 12.1. The summed E-state index contributed by atoms with van der Waals surface area (Å²) in [4.78, 5) is 0. The van der Waals surface area contributed by atoms with Gasteiger partial charge in [-0.05, 0) is 38.0 Å². The van der Waals surface area contributed by atoms with E-state index in [1.54, 1.807) is 7.11 Å². The molecule has 0 aliphatic heterocycles. The Balaban J connectivity index is 0. The molecule has 1 aliphatic carbocycles. The third-order valence-electron chi connectivity index (χ3n) is 2.15. The van der Waals surface area contributed by atoms with E-state index in [1.165, 1.54) is 0 Å². The van der Waals surface area contributed by atoms with Gasteiger partial charge in [0.25, 0.3) is 0 Å². The molecular formula is C15H29NO. The standard InChI is InChI=1S/C9H15NO.C4H8.C2H6/c1-10-7-8-3-5-9(11-2)6-4-8;1-3-4-2;1-2/h3,5-6,8,10H,4,7H2,1-2H3;3H,1,4H2,2H3;1-2H3. The van der Waals surface area contributed by atoms with E-state index < -0.39 is 0 Å². The first kappa shape index (κ1) is 18.3. The second-order valence-electron chi connectivity index (χ2n) is 3.42. The molecule has 2 heteroatoms. The fourth-order valence-electron chi connectivity index (χ4n) is 1.21. The van der Waals surface area contributed by atoms with Crippen molar-refractivity contribution in [2.24, 2.45) is 5.92 Å². The summed E-state index contributed by atoms with van der Waals surface area (Å²) in [7, 11) is 3.68. The van der Waals surface area contributed by atoms with E-state index in [0.717, 1.165) is 25.1 Å². The average Bonchev–Trinajstić information content (AvgIpc) is 2.42. The van der Waals surface area contributed by atoms with Crippen LogP contribution in [0.4, 0.5) is 0 Å². The van der Waals surface area contributed by atoms with Crippen molar-refractivity contribution in [2.45, 2.75) is 33.6 Å². The number of ether oxygens (including phenoxy) is 1. The molecule has 0 amide bonds. The van der Waals surface area contributed by atoms with Crippen molar-refractivity contribution in [3.05, 3.63) is 36.6 Å². The normalized spacial score (nSPS) is 16.8. The average molecular weight is 239 g/mol. The Bertz CT molecular complexity index is 219. The maximum atomic E-state index is 5.07. The van der Waals surface area contributed by atoms with Gasteiger partial charge in [-0.25, -0.2) is 0 Å². The third kappa shape index (κ3) is 11.2. The molecule has 0 aromatic heterocycles. The van der Waals surface area contributed by atoms with Crippen LogP contribution < -0.4 is 5.32 Å². The van der Waals surface area contributed by atoms with Crippen LogP contribution in [0.5, 0.6) is 0 Å². The first-order valence-electron chi connectivity index (χ1n) is 6.46. The number of hydrogen-bond acceptors (Lipinski definition) is 2. The lowest BCUT2D eigenvalue weighted by Crippen LogP contribution is -2.17. The van der Waals surface area contributed by atoms with Gasteiger partial charge in [-0.1, -0.05) is 32.9 Å². The molecule has 0 fully saturated rings. The number of hydrogen-bond donors (Lipinski definition) is 1. The lowest BCUT2D eigenvalue weighted by molar-refractivity contribution is 0.301. The Morgan fingerprint density at radius 1 is 1.53 bits per heavy atom. The monoisotopic (exact) mass is 239 g/mol. The first-order chi connectivity index (χ1) is 8.28. The van der Waals surface area contributed by atoms with Gasteiger partial charge in [0.15, 0.2) is 0 Å². The molecule has 1 N–H and O–H groups in total. The van der Waals surface area contributed by atoms with Crippen LogP contribution in [0.3, 0.4) is 0 Å². The van der Waals surface area contributed by atoms with Crippen LogP contribution in [-0.4, -0.2) is 20.7 Å². The highest BCUT2D eigenvalue weighted by Crippen LogP contribution is 2.15. The summed E-state index contributed by atoms with van der Waals surface area (Å²) in [6.07, 6.45) is 10.4. The minimum absolute atomic E-state index is 0.638. The van der Waals surface area contributed by atoms with Gasteiger partial charge in [-0.2, -0.15) is 0 Å². The van der Waals surface area contributed by atoms with Gasteiger partial charge >= 0.3 is 0 Å². The van der Waals surface area contributed by atoms with Crippen molar-refractivity contribution in [1.29, 1.82) is 0 Å². The molecule has 17 heavy (non-hydrogen) atoms. The van der Waals surface area contributed by atoms with E-state index in [9.17, 15) is 0 Å². The second kappa shape index (κ2) is 15.0. The Kier molecular flexibility index (Phi) is 16.2. The molecule has 0 bridgehead atoms. The van der Waals surface area contributed by atoms with Crippen molar-refractivity contribution in [2.75, 3.05) is 20.7 Å². The maximum absolute atomic E-state index is 5.07. The fraction of sp³-hybridized carbons (Fsp3) is 0.600. The van der Waals surface area contributed by atoms with Gasteiger partial charge in [-0.3, -0.25) is 0 Å². The zero-order chi connectivity index (χ0) is 13.5. The van der Waals surface area contributed by atoms with E-state index in [2.05, 4.69) is 31.0 Å². The predicted octanol–water partition coefficient (Wildman–Crippen LogP) is 3.92. The number of nitrogens with one attached hydrogen (secondary N) is 1. The van der Waals surface area contributed by atoms with Crippen LogP contribution in [0.25, 0.3) is 0 Å². The van der Waals surface area contributed by atoms with Gasteiger partial charge in [0, 0.05) is 6.54 Å². The quantitative estimate of drug-likeness (QED) is 0.751.